The van der Waals surface area contributed by atoms with Gasteiger partial charge in [0.2, 0.25) is 5.91 Å². The fourth-order valence-electron chi connectivity index (χ4n) is 5.16. The second-order valence-electron chi connectivity index (χ2n) is 9.63. The van der Waals surface area contributed by atoms with Gasteiger partial charge in [-0.3, -0.25) is 19.4 Å². The number of ether oxygens (including phenoxy) is 1. The van der Waals surface area contributed by atoms with Crippen molar-refractivity contribution in [2.75, 3.05) is 17.2 Å². The number of nitriles is 1. The number of hydrogen-bond donors (Lipinski definition) is 3. The van der Waals surface area contributed by atoms with Crippen LogP contribution in [0.2, 0.25) is 0 Å². The number of amides is 2. The number of carboxylic acids is 1. The van der Waals surface area contributed by atoms with Crippen molar-refractivity contribution in [1.29, 1.82) is 5.26 Å². The van der Waals surface area contributed by atoms with Gasteiger partial charge in [-0.2, -0.15) is 5.26 Å². The SMILES string of the molecule is N#Cc1ccc(CCCC(=O)O)c(NC(=O)[C@@H]2C[C@]23CCOc2ccc(C(=O)Nc4ccncc4)cc23)c1. The molecule has 1 fully saturated rings. The third-order valence-electron chi connectivity index (χ3n) is 7.25. The molecule has 2 aromatic carbocycles. The van der Waals surface area contributed by atoms with E-state index in [0.717, 1.165) is 11.1 Å². The van der Waals surface area contributed by atoms with Crippen LogP contribution in [-0.2, 0) is 21.4 Å². The first kappa shape index (κ1) is 25.0. The maximum atomic E-state index is 13.4. The number of benzene rings is 2. The quantitative estimate of drug-likeness (QED) is 0.410. The number of aromatic nitrogens is 1. The molecule has 1 aliphatic carbocycles. The molecule has 2 aliphatic rings. The zero-order chi connectivity index (χ0) is 26.7. The summed E-state index contributed by atoms with van der Waals surface area (Å²) in [5, 5.41) is 24.2. The number of rotatable bonds is 8. The van der Waals surface area contributed by atoms with Crippen LogP contribution in [0.3, 0.4) is 0 Å². The number of aliphatic carboxylic acids is 1. The minimum Gasteiger partial charge on any atom is -0.493 e. The first-order chi connectivity index (χ1) is 18.4. The van der Waals surface area contributed by atoms with E-state index >= 15 is 0 Å². The number of aryl methyl sites for hydroxylation is 1. The number of anilines is 2. The largest absolute Gasteiger partial charge is 0.493 e. The van der Waals surface area contributed by atoms with Crippen LogP contribution in [0.5, 0.6) is 5.75 Å². The van der Waals surface area contributed by atoms with E-state index in [9.17, 15) is 19.6 Å². The molecule has 3 aromatic rings. The zero-order valence-electron chi connectivity index (χ0n) is 20.6. The standard InChI is InChI=1S/C29H26N4O5/c30-17-18-4-5-19(2-1-3-26(34)35)24(14-18)33-28(37)23-16-29(23)10-13-38-25-7-6-20(15-22(25)29)27(36)32-21-8-11-31-12-9-21/h4-9,11-12,14-15,23H,1-3,10,13,16H2,(H,33,37)(H,34,35)(H,31,32,36)/t23-,29-/m0/s1. The molecule has 3 N–H and O–H groups in total. The number of carbonyl (C=O) groups excluding carboxylic acids is 2. The van der Waals surface area contributed by atoms with Crippen LogP contribution in [0.25, 0.3) is 0 Å². The van der Waals surface area contributed by atoms with Gasteiger partial charge in [-0.15, -0.1) is 0 Å². The lowest BCUT2D eigenvalue weighted by molar-refractivity contribution is -0.137. The van der Waals surface area contributed by atoms with Crippen LogP contribution in [0.15, 0.2) is 60.9 Å². The number of carboxylic acid groups (broad SMARTS) is 1. The molecule has 0 unspecified atom stereocenters. The molecule has 5 rings (SSSR count). The summed E-state index contributed by atoms with van der Waals surface area (Å²) >= 11 is 0. The van der Waals surface area contributed by atoms with Crippen LogP contribution in [-0.4, -0.2) is 34.5 Å². The van der Waals surface area contributed by atoms with Gasteiger partial charge in [0.15, 0.2) is 0 Å². The van der Waals surface area contributed by atoms with Crippen molar-refractivity contribution in [3.05, 3.63) is 83.2 Å². The predicted molar refractivity (Wildman–Crippen MR) is 139 cm³/mol. The fraction of sp³-hybridized carbons (Fsp3) is 0.276. The Morgan fingerprint density at radius 1 is 1.11 bits per heavy atom. The smallest absolute Gasteiger partial charge is 0.303 e. The van der Waals surface area contributed by atoms with E-state index in [-0.39, 0.29) is 24.2 Å². The monoisotopic (exact) mass is 510 g/mol. The Morgan fingerprint density at radius 2 is 1.92 bits per heavy atom. The maximum absolute atomic E-state index is 13.4. The van der Waals surface area contributed by atoms with Crippen molar-refractivity contribution in [3.8, 4) is 11.8 Å². The molecule has 9 heteroatoms. The molecular formula is C29H26N4O5. The lowest BCUT2D eigenvalue weighted by atomic mass is 9.86. The van der Waals surface area contributed by atoms with E-state index in [1.165, 1.54) is 0 Å². The summed E-state index contributed by atoms with van der Waals surface area (Å²) in [5.74, 6) is -0.954. The summed E-state index contributed by atoms with van der Waals surface area (Å²) in [4.78, 5) is 41.2. The van der Waals surface area contributed by atoms with Crippen molar-refractivity contribution in [2.24, 2.45) is 5.92 Å². The average Bonchev–Trinajstić information content (AvgIpc) is 3.64. The van der Waals surface area contributed by atoms with Gasteiger partial charge >= 0.3 is 5.97 Å². The third kappa shape index (κ3) is 5.06. The Labute approximate surface area is 219 Å². The van der Waals surface area contributed by atoms with Crippen molar-refractivity contribution < 1.29 is 24.2 Å². The molecule has 2 amide bonds. The van der Waals surface area contributed by atoms with Gasteiger partial charge in [-0.1, -0.05) is 6.07 Å². The van der Waals surface area contributed by atoms with Crippen LogP contribution in [0, 0.1) is 17.2 Å². The van der Waals surface area contributed by atoms with Gasteiger partial charge in [0.05, 0.1) is 18.2 Å². The number of carbonyl (C=O) groups is 3. The molecule has 2 heterocycles. The molecule has 38 heavy (non-hydrogen) atoms. The Bertz CT molecular complexity index is 1450. The summed E-state index contributed by atoms with van der Waals surface area (Å²) in [7, 11) is 0. The normalized spacial score (nSPS) is 19.0. The summed E-state index contributed by atoms with van der Waals surface area (Å²) in [6.45, 7) is 0.476. The first-order valence-corrected chi connectivity index (χ1v) is 12.4. The van der Waals surface area contributed by atoms with E-state index in [1.54, 1.807) is 54.9 Å². The van der Waals surface area contributed by atoms with Gasteiger partial charge in [-0.05, 0) is 73.7 Å². The molecule has 0 radical (unpaired) electrons. The molecule has 0 saturated heterocycles. The summed E-state index contributed by atoms with van der Waals surface area (Å²) < 4.78 is 5.86. The molecule has 1 aromatic heterocycles. The summed E-state index contributed by atoms with van der Waals surface area (Å²) in [6, 6.07) is 15.9. The van der Waals surface area contributed by atoms with Crippen molar-refractivity contribution >= 4 is 29.2 Å². The zero-order valence-corrected chi connectivity index (χ0v) is 20.6. The Balaban J connectivity index is 1.35. The van der Waals surface area contributed by atoms with Crippen LogP contribution in [0.4, 0.5) is 11.4 Å². The molecule has 1 saturated carbocycles. The minimum absolute atomic E-state index is 0.0208. The molecule has 1 aliphatic heterocycles. The van der Waals surface area contributed by atoms with Gasteiger partial charge in [0.25, 0.3) is 5.91 Å². The highest BCUT2D eigenvalue weighted by atomic mass is 16.5. The number of nitrogens with one attached hydrogen (secondary N) is 2. The van der Waals surface area contributed by atoms with Crippen molar-refractivity contribution in [1.82, 2.24) is 4.98 Å². The Morgan fingerprint density at radius 3 is 2.68 bits per heavy atom. The topological polar surface area (TPSA) is 141 Å². The number of nitrogens with zero attached hydrogens (tertiary/aromatic N) is 2. The second-order valence-corrected chi connectivity index (χ2v) is 9.63. The molecular weight excluding hydrogens is 484 g/mol. The molecule has 0 bridgehead atoms. The summed E-state index contributed by atoms with van der Waals surface area (Å²) in [5.41, 5.74) is 3.25. The number of pyridine rings is 1. The fourth-order valence-corrected chi connectivity index (χ4v) is 5.16. The van der Waals surface area contributed by atoms with Crippen molar-refractivity contribution in [2.45, 2.75) is 37.5 Å². The lowest BCUT2D eigenvalue weighted by Gasteiger charge is -2.27. The first-order valence-electron chi connectivity index (χ1n) is 12.4. The van der Waals surface area contributed by atoms with E-state index in [2.05, 4.69) is 21.7 Å². The highest BCUT2D eigenvalue weighted by Gasteiger charge is 2.61. The lowest BCUT2D eigenvalue weighted by Crippen LogP contribution is -2.27. The maximum Gasteiger partial charge on any atom is 0.303 e. The van der Waals surface area contributed by atoms with E-state index in [0.29, 0.717) is 60.5 Å². The molecule has 1 spiro atoms. The number of fused-ring (bicyclic) bond motifs is 2. The Kier molecular flexibility index (Phi) is 6.79. The molecule has 192 valence electrons. The minimum atomic E-state index is -0.879. The molecule has 2 atom stereocenters. The average molecular weight is 511 g/mol. The van der Waals surface area contributed by atoms with Gasteiger partial charge in [0, 0.05) is 52.6 Å². The van der Waals surface area contributed by atoms with Crippen LogP contribution < -0.4 is 15.4 Å². The number of hydrogen-bond acceptors (Lipinski definition) is 6. The second kappa shape index (κ2) is 10.3. The van der Waals surface area contributed by atoms with Gasteiger partial charge < -0.3 is 20.5 Å². The van der Waals surface area contributed by atoms with Gasteiger partial charge in [0.1, 0.15) is 5.75 Å². The molecule has 9 nitrogen and oxygen atoms in total. The van der Waals surface area contributed by atoms with Crippen LogP contribution in [0.1, 0.15) is 52.7 Å². The van der Waals surface area contributed by atoms with Crippen LogP contribution >= 0.6 is 0 Å². The van der Waals surface area contributed by atoms with E-state index < -0.39 is 11.4 Å². The Hall–Kier alpha value is -4.71. The predicted octanol–water partition coefficient (Wildman–Crippen LogP) is 4.29. The highest BCUT2D eigenvalue weighted by Crippen LogP contribution is 2.61. The van der Waals surface area contributed by atoms with E-state index in [1.807, 2.05) is 6.07 Å². The van der Waals surface area contributed by atoms with E-state index in [4.69, 9.17) is 9.84 Å². The summed E-state index contributed by atoms with van der Waals surface area (Å²) in [6.07, 6.45) is 5.38. The van der Waals surface area contributed by atoms with Crippen molar-refractivity contribution in [3.63, 3.8) is 0 Å². The third-order valence-corrected chi connectivity index (χ3v) is 7.25. The highest BCUT2D eigenvalue weighted by molar-refractivity contribution is 6.04. The van der Waals surface area contributed by atoms with Gasteiger partial charge in [-0.25, -0.2) is 0 Å².